The number of hydrogen-bond donors (Lipinski definition) is 0. The summed E-state index contributed by atoms with van der Waals surface area (Å²) in [5.74, 6) is 0.626. The van der Waals surface area contributed by atoms with Crippen molar-refractivity contribution in [2.24, 2.45) is 0 Å². The topological polar surface area (TPSA) is 69.7 Å². The zero-order valence-electron chi connectivity index (χ0n) is 13.1. The Balaban J connectivity index is 1.88. The highest BCUT2D eigenvalue weighted by Gasteiger charge is 2.08. The molecule has 0 saturated carbocycles. The van der Waals surface area contributed by atoms with E-state index < -0.39 is 6.67 Å². The van der Waals surface area contributed by atoms with Crippen molar-refractivity contribution in [2.45, 2.75) is 0 Å². The summed E-state index contributed by atoms with van der Waals surface area (Å²) >= 11 is 1.52. The summed E-state index contributed by atoms with van der Waals surface area (Å²) in [6.45, 7) is -0.481. The van der Waals surface area contributed by atoms with Gasteiger partial charge in [-0.15, -0.1) is 11.3 Å². The molecule has 0 fully saturated rings. The molecule has 0 unspecified atom stereocenters. The van der Waals surface area contributed by atoms with Crippen molar-refractivity contribution in [1.82, 2.24) is 4.98 Å². The Hall–Kier alpha value is -3.22. The van der Waals surface area contributed by atoms with E-state index in [1.807, 2.05) is 48.5 Å². The van der Waals surface area contributed by atoms with E-state index in [1.165, 1.54) is 17.4 Å². The van der Waals surface area contributed by atoms with Crippen molar-refractivity contribution in [3.8, 4) is 28.5 Å². The molecule has 25 heavy (non-hydrogen) atoms. The average molecular weight is 349 g/mol. The van der Waals surface area contributed by atoms with Crippen molar-refractivity contribution < 1.29 is 9.13 Å². The molecule has 0 saturated heterocycles. The summed E-state index contributed by atoms with van der Waals surface area (Å²) in [6, 6.07) is 16.6. The van der Waals surface area contributed by atoms with Crippen molar-refractivity contribution in [2.75, 3.05) is 13.3 Å². The van der Waals surface area contributed by atoms with Crippen LogP contribution >= 0.6 is 11.3 Å². The van der Waals surface area contributed by atoms with E-state index in [0.717, 1.165) is 26.4 Å². The highest BCUT2D eigenvalue weighted by Crippen LogP contribution is 2.32. The van der Waals surface area contributed by atoms with Crippen LogP contribution in [0.15, 0.2) is 48.0 Å². The van der Waals surface area contributed by atoms with Gasteiger partial charge in [0.25, 0.3) is 0 Å². The summed E-state index contributed by atoms with van der Waals surface area (Å²) in [5, 5.41) is 18.4. The second kappa shape index (κ2) is 7.57. The Morgan fingerprint density at radius 1 is 1.16 bits per heavy atom. The van der Waals surface area contributed by atoms with Crippen LogP contribution in [0.3, 0.4) is 0 Å². The number of hydrogen-bond acceptors (Lipinski definition) is 5. The fourth-order valence-corrected chi connectivity index (χ4v) is 3.25. The van der Waals surface area contributed by atoms with Gasteiger partial charge in [-0.3, -0.25) is 0 Å². The van der Waals surface area contributed by atoms with Crippen LogP contribution in [-0.4, -0.2) is 18.3 Å². The molecule has 0 aliphatic carbocycles. The molecule has 0 aliphatic rings. The molecule has 0 aliphatic heterocycles. The first kappa shape index (κ1) is 16.6. The number of benzene rings is 2. The van der Waals surface area contributed by atoms with E-state index in [4.69, 9.17) is 15.3 Å². The summed E-state index contributed by atoms with van der Waals surface area (Å²) in [5.41, 5.74) is 2.64. The monoisotopic (exact) mass is 349 g/mol. The predicted octanol–water partition coefficient (Wildman–Crippen LogP) is 4.74. The van der Waals surface area contributed by atoms with Gasteiger partial charge in [0, 0.05) is 5.56 Å². The number of halogens is 1. The Labute approximate surface area is 148 Å². The van der Waals surface area contributed by atoms with Crippen LogP contribution in [0.2, 0.25) is 0 Å². The highest BCUT2D eigenvalue weighted by atomic mass is 32.1. The minimum absolute atomic E-state index is 0.0412. The molecule has 6 heteroatoms. The maximum absolute atomic E-state index is 12.2. The fourth-order valence-electron chi connectivity index (χ4n) is 2.25. The lowest BCUT2D eigenvalue weighted by molar-refractivity contribution is 0.273. The molecule has 2 aromatic carbocycles. The first-order valence-electron chi connectivity index (χ1n) is 7.45. The first-order chi connectivity index (χ1) is 12.2. The molecule has 0 atom stereocenters. The van der Waals surface area contributed by atoms with E-state index in [0.29, 0.717) is 5.75 Å². The Morgan fingerprint density at radius 2 is 1.92 bits per heavy atom. The number of allylic oxidation sites excluding steroid dienone is 1. The van der Waals surface area contributed by atoms with Crippen LogP contribution < -0.4 is 4.74 Å². The maximum atomic E-state index is 12.2. The minimum Gasteiger partial charge on any atom is -0.491 e. The van der Waals surface area contributed by atoms with Gasteiger partial charge >= 0.3 is 0 Å². The number of thiazole rings is 1. The van der Waals surface area contributed by atoms with Crippen LogP contribution in [0.4, 0.5) is 4.39 Å². The van der Waals surface area contributed by atoms with E-state index in [1.54, 1.807) is 6.07 Å². The van der Waals surface area contributed by atoms with Gasteiger partial charge in [0.1, 0.15) is 41.8 Å². The van der Waals surface area contributed by atoms with E-state index in [9.17, 15) is 4.39 Å². The van der Waals surface area contributed by atoms with Gasteiger partial charge < -0.3 is 4.74 Å². The summed E-state index contributed by atoms with van der Waals surface area (Å²) in [6.07, 6.45) is 1.54. The molecule has 0 radical (unpaired) electrons. The van der Waals surface area contributed by atoms with Gasteiger partial charge in [-0.05, 0) is 29.8 Å². The lowest BCUT2D eigenvalue weighted by Gasteiger charge is -2.01. The number of nitriles is 2. The first-order valence-corrected chi connectivity index (χ1v) is 8.27. The zero-order valence-corrected chi connectivity index (χ0v) is 13.9. The largest absolute Gasteiger partial charge is 0.491 e. The van der Waals surface area contributed by atoms with Crippen LogP contribution in [-0.2, 0) is 0 Å². The molecule has 0 spiro atoms. The van der Waals surface area contributed by atoms with Crippen LogP contribution in [0.1, 0.15) is 5.56 Å². The molecular formula is C19H12FN3OS. The number of ether oxygens (including phenoxy) is 1. The molecule has 1 heterocycles. The van der Waals surface area contributed by atoms with Gasteiger partial charge in [0.2, 0.25) is 0 Å². The third kappa shape index (κ3) is 3.82. The van der Waals surface area contributed by atoms with Gasteiger partial charge in [0.15, 0.2) is 0 Å². The van der Waals surface area contributed by atoms with Gasteiger partial charge in [0.05, 0.1) is 10.2 Å². The number of aromatic nitrogens is 1. The Bertz CT molecular complexity index is 994. The lowest BCUT2D eigenvalue weighted by Crippen LogP contribution is -1.97. The fraction of sp³-hybridized carbons (Fsp3) is 0.105. The van der Waals surface area contributed by atoms with Gasteiger partial charge in [-0.25, -0.2) is 9.37 Å². The molecule has 3 aromatic rings. The minimum atomic E-state index is -0.522. The van der Waals surface area contributed by atoms with Gasteiger partial charge in [-0.1, -0.05) is 24.3 Å². The van der Waals surface area contributed by atoms with Crippen LogP contribution in [0.5, 0.6) is 5.75 Å². The van der Waals surface area contributed by atoms with E-state index >= 15 is 0 Å². The number of nitrogens with zero attached hydrogens (tertiary/aromatic N) is 3. The highest BCUT2D eigenvalue weighted by molar-refractivity contribution is 7.21. The Morgan fingerprint density at radius 3 is 2.60 bits per heavy atom. The summed E-state index contributed by atoms with van der Waals surface area (Å²) in [7, 11) is 0. The standard InChI is InChI=1S/C19H12FN3OS/c20-7-8-24-16-5-6-17-18(10-16)25-19(23-17)15-3-1-13(2-4-15)9-14(11-21)12-22/h1-6,9-10H,7-8H2. The lowest BCUT2D eigenvalue weighted by atomic mass is 10.1. The smallest absolute Gasteiger partial charge is 0.130 e. The third-order valence-corrected chi connectivity index (χ3v) is 4.48. The predicted molar refractivity (Wildman–Crippen MR) is 95.7 cm³/mol. The van der Waals surface area contributed by atoms with Crippen molar-refractivity contribution in [3.63, 3.8) is 0 Å². The zero-order chi connectivity index (χ0) is 17.6. The molecular weight excluding hydrogens is 337 g/mol. The molecule has 0 N–H and O–H groups in total. The quantitative estimate of drug-likeness (QED) is 0.624. The second-order valence-corrected chi connectivity index (χ2v) is 6.12. The summed E-state index contributed by atoms with van der Waals surface area (Å²) in [4.78, 5) is 4.60. The average Bonchev–Trinajstić information content (AvgIpc) is 3.08. The Kier molecular flexibility index (Phi) is 5.03. The van der Waals surface area contributed by atoms with Crippen LogP contribution in [0, 0.1) is 22.7 Å². The molecule has 4 nitrogen and oxygen atoms in total. The van der Waals surface area contributed by atoms with Gasteiger partial charge in [-0.2, -0.15) is 10.5 Å². The van der Waals surface area contributed by atoms with Crippen molar-refractivity contribution in [3.05, 3.63) is 53.6 Å². The number of rotatable bonds is 5. The maximum Gasteiger partial charge on any atom is 0.130 e. The second-order valence-electron chi connectivity index (χ2n) is 5.09. The normalized spacial score (nSPS) is 10.0. The molecule has 0 amide bonds. The third-order valence-electron chi connectivity index (χ3n) is 3.42. The van der Waals surface area contributed by atoms with Crippen LogP contribution in [0.25, 0.3) is 26.9 Å². The summed E-state index contributed by atoms with van der Waals surface area (Å²) < 4.78 is 18.5. The molecule has 1 aromatic heterocycles. The van der Waals surface area contributed by atoms with E-state index in [2.05, 4.69) is 4.98 Å². The molecule has 3 rings (SSSR count). The van der Waals surface area contributed by atoms with E-state index in [-0.39, 0.29) is 12.2 Å². The number of fused-ring (bicyclic) bond motifs is 1. The number of alkyl halides is 1. The molecule has 122 valence electrons. The van der Waals surface area contributed by atoms with Crippen molar-refractivity contribution >= 4 is 27.6 Å². The molecule has 0 bridgehead atoms. The SMILES string of the molecule is N#CC(C#N)=Cc1ccc(-c2nc3ccc(OCCF)cc3s2)cc1. The van der Waals surface area contributed by atoms with Crippen molar-refractivity contribution in [1.29, 1.82) is 10.5 Å².